The van der Waals surface area contributed by atoms with Gasteiger partial charge in [-0.2, -0.15) is 0 Å². The van der Waals surface area contributed by atoms with E-state index in [0.717, 1.165) is 18.4 Å². The monoisotopic (exact) mass is 1000 g/mol. The van der Waals surface area contributed by atoms with Crippen molar-refractivity contribution in [1.82, 2.24) is 20.4 Å². The molecular formula is C48H67B3F4N4O12. The van der Waals surface area contributed by atoms with Crippen LogP contribution in [0.5, 0.6) is 0 Å². The average Bonchev–Trinajstić information content (AvgIpc) is 3.67. The van der Waals surface area contributed by atoms with Crippen LogP contribution in [0.25, 0.3) is 0 Å². The molecule has 2 bridgehead atoms. The molecule has 0 unspecified atom stereocenters. The zero-order valence-corrected chi connectivity index (χ0v) is 41.0. The summed E-state index contributed by atoms with van der Waals surface area (Å²) >= 11 is 0. The van der Waals surface area contributed by atoms with Crippen LogP contribution < -0.4 is 10.6 Å². The first kappa shape index (κ1) is 57.0. The summed E-state index contributed by atoms with van der Waals surface area (Å²) in [6.07, 6.45) is 2.22. The summed E-state index contributed by atoms with van der Waals surface area (Å²) in [5, 5.41) is 40.7. The fourth-order valence-electron chi connectivity index (χ4n) is 10.1. The molecule has 3 aliphatic heterocycles. The first-order valence-electron chi connectivity index (χ1n) is 24.1. The summed E-state index contributed by atoms with van der Waals surface area (Å²) in [6, 6.07) is 11.5. The fourth-order valence-corrected chi connectivity index (χ4v) is 10.1. The van der Waals surface area contributed by atoms with Crippen LogP contribution in [-0.2, 0) is 41.2 Å². The molecule has 6 fully saturated rings. The number of halogens is 4. The smallest absolute Gasteiger partial charge is 0.444 e. The van der Waals surface area contributed by atoms with Crippen LogP contribution >= 0.6 is 0 Å². The van der Waals surface area contributed by atoms with Crippen molar-refractivity contribution >= 4 is 45.4 Å². The van der Waals surface area contributed by atoms with Crippen molar-refractivity contribution in [1.29, 1.82) is 0 Å². The van der Waals surface area contributed by atoms with Crippen molar-refractivity contribution in [3.63, 3.8) is 0 Å². The summed E-state index contributed by atoms with van der Waals surface area (Å²) < 4.78 is 76.6. The Kier molecular flexibility index (Phi) is 20.2. The number of hydrogen-bond acceptors (Lipinski definition) is 12. The Hall–Kier alpha value is -4.93. The molecule has 71 heavy (non-hydrogen) atoms. The van der Waals surface area contributed by atoms with Crippen LogP contribution in [0, 0.1) is 34.8 Å². The van der Waals surface area contributed by atoms with E-state index in [0.29, 0.717) is 74.8 Å². The molecule has 4 amide bonds. The molecule has 388 valence electrons. The molecule has 2 aromatic rings. The van der Waals surface area contributed by atoms with Gasteiger partial charge in [-0.1, -0.05) is 65.1 Å². The average molecular weight is 1000 g/mol. The predicted molar refractivity (Wildman–Crippen MR) is 257 cm³/mol. The van der Waals surface area contributed by atoms with Gasteiger partial charge in [0, 0.05) is 13.1 Å². The topological polar surface area (TPSA) is 217 Å². The number of piperidine rings is 2. The van der Waals surface area contributed by atoms with E-state index in [9.17, 15) is 46.8 Å². The van der Waals surface area contributed by atoms with E-state index in [1.165, 1.54) is 46.2 Å². The number of nitrogens with zero attached hydrogens (tertiary/aromatic N) is 2. The number of amides is 4. The van der Waals surface area contributed by atoms with Crippen LogP contribution in [0.1, 0.15) is 84.3 Å². The Balaban J connectivity index is 0.000000242. The first-order chi connectivity index (χ1) is 33.4. The zero-order valence-electron chi connectivity index (χ0n) is 41.0. The van der Waals surface area contributed by atoms with E-state index < -0.39 is 92.5 Å². The third-order valence-corrected chi connectivity index (χ3v) is 14.0. The van der Waals surface area contributed by atoms with Crippen molar-refractivity contribution in [2.75, 3.05) is 26.2 Å². The Morgan fingerprint density at radius 2 is 1.27 bits per heavy atom. The molecule has 0 spiro atoms. The van der Waals surface area contributed by atoms with Gasteiger partial charge in [0.2, 0.25) is 0 Å². The van der Waals surface area contributed by atoms with Gasteiger partial charge in [-0.3, -0.25) is 9.59 Å². The Morgan fingerprint density at radius 3 is 1.69 bits per heavy atom. The third kappa shape index (κ3) is 15.8. The maximum absolute atomic E-state index is 13.5. The minimum absolute atomic E-state index is 0.0273. The number of benzene rings is 2. The Bertz CT molecular complexity index is 2160. The minimum atomic E-state index is -1.86. The molecule has 8 atom stereocenters. The number of hydrogen-bond donors (Lipinski definition) is 6. The van der Waals surface area contributed by atoms with Crippen molar-refractivity contribution in [2.45, 2.75) is 128 Å². The first-order valence-corrected chi connectivity index (χ1v) is 24.1. The molecule has 3 saturated carbocycles. The van der Waals surface area contributed by atoms with Gasteiger partial charge in [0.15, 0.2) is 11.7 Å². The number of carbonyl (C=O) groups is 4. The van der Waals surface area contributed by atoms with E-state index in [-0.39, 0.29) is 36.8 Å². The van der Waals surface area contributed by atoms with Crippen LogP contribution in [0.2, 0.25) is 6.32 Å². The number of carbonyl (C=O) groups excluding carboxylic acids is 4. The molecule has 6 aliphatic rings. The van der Waals surface area contributed by atoms with E-state index >= 15 is 0 Å². The lowest BCUT2D eigenvalue weighted by atomic mass is 9.43. The summed E-state index contributed by atoms with van der Waals surface area (Å²) in [5.74, 6) is -4.83. The van der Waals surface area contributed by atoms with E-state index in [1.54, 1.807) is 12.1 Å². The third-order valence-electron chi connectivity index (χ3n) is 14.0. The Morgan fingerprint density at radius 1 is 0.789 bits per heavy atom. The maximum Gasteiger partial charge on any atom is 0.482 e. The highest BCUT2D eigenvalue weighted by atomic mass is 19.1. The molecule has 8 rings (SSSR count). The summed E-state index contributed by atoms with van der Waals surface area (Å²) in [5.41, 5.74) is 1.14. The number of ether oxygens (including phenoxy) is 2. The second kappa shape index (κ2) is 25.1. The van der Waals surface area contributed by atoms with Gasteiger partial charge in [-0.05, 0) is 123 Å². The van der Waals surface area contributed by atoms with E-state index in [1.807, 2.05) is 13.8 Å². The number of rotatable bonds is 14. The van der Waals surface area contributed by atoms with Gasteiger partial charge in [0.25, 0.3) is 11.8 Å². The summed E-state index contributed by atoms with van der Waals surface area (Å²) in [6.45, 7) is 17.5. The highest BCUT2D eigenvalue weighted by Gasteiger charge is 2.68. The summed E-state index contributed by atoms with van der Waals surface area (Å²) in [4.78, 5) is 51.2. The van der Waals surface area contributed by atoms with Crippen molar-refractivity contribution in [3.8, 4) is 0 Å². The quantitative estimate of drug-likeness (QED) is 0.0812. The molecular weight excluding hydrogens is 933 g/mol. The molecule has 3 saturated heterocycles. The highest BCUT2D eigenvalue weighted by Crippen LogP contribution is 2.65. The number of likely N-dealkylation sites (tertiary alicyclic amines) is 2. The zero-order chi connectivity index (χ0) is 52.4. The molecule has 0 aromatic heterocycles. The SMILES string of the molecule is C=C(F)C(=O)N1CCC[C@H](OC(=O)N[C@@H](Cc2ccc(F)cc2)B(O)O)C1.C=C(F)C(=O)N1CCC[C@H](OC(=O)N[C@@H](Cc2ccc(F)cc2)B2O[C@@H]3C[C@@H]4C[C@@H](C4(C)C)[C@]3(C)O2)C1.CC(C)CB(O)O. The predicted octanol–water partition coefficient (Wildman–Crippen LogP) is 5.27. The van der Waals surface area contributed by atoms with Gasteiger partial charge in [-0.15, -0.1) is 0 Å². The van der Waals surface area contributed by atoms with E-state index in [2.05, 4.69) is 44.6 Å². The lowest BCUT2D eigenvalue weighted by Gasteiger charge is -2.64. The van der Waals surface area contributed by atoms with Gasteiger partial charge < -0.3 is 59.3 Å². The van der Waals surface area contributed by atoms with Crippen molar-refractivity contribution < 1.29 is 75.6 Å². The molecule has 6 N–H and O–H groups in total. The van der Waals surface area contributed by atoms with Gasteiger partial charge in [0.1, 0.15) is 23.8 Å². The molecule has 2 aromatic carbocycles. The van der Waals surface area contributed by atoms with Crippen LogP contribution in [0.4, 0.5) is 27.2 Å². The lowest BCUT2D eigenvalue weighted by molar-refractivity contribution is -0.199. The van der Waals surface area contributed by atoms with Crippen LogP contribution in [0.15, 0.2) is 73.3 Å². The number of alkyl carbamates (subject to hydrolysis) is 2. The van der Waals surface area contributed by atoms with Crippen molar-refractivity contribution in [2.24, 2.45) is 23.2 Å². The normalized spacial score (nSPS) is 24.8. The van der Waals surface area contributed by atoms with Gasteiger partial charge >= 0.3 is 33.5 Å². The van der Waals surface area contributed by atoms with Gasteiger partial charge in [-0.25, -0.2) is 27.2 Å². The molecule has 3 aliphatic carbocycles. The standard InChI is InChI=1S/C27H35BF2N2O5.C17H21BF2N2O5.C4H11BO2/c1-16(29)24(33)32-11-5-6-20(15-32)35-25(34)31-23(12-17-7-9-19(30)10-8-17)28-36-22-14-18-13-21(26(18,2)3)27(22,4)37-28;1-11(19)16(23)22-8-2-3-14(10-22)27-17(24)21-15(18(25)26)9-12-4-6-13(20)7-5-12;1-4(2)3-5(6)7/h7-10,18,20-23H,1,5-6,11-15H2,2-4H3,(H,31,34);4-7,14-15,25-26H,1-3,8-10H2,(H,21,24);4,6-7H,3H2,1-2H3/t18-,20-,21-,22+,23-,27-;14-,15-;/m00./s1. The van der Waals surface area contributed by atoms with Crippen molar-refractivity contribution in [3.05, 3.63) is 96.1 Å². The lowest BCUT2D eigenvalue weighted by Crippen LogP contribution is -2.65. The maximum atomic E-state index is 13.5. The molecule has 16 nitrogen and oxygen atoms in total. The molecule has 23 heteroatoms. The van der Waals surface area contributed by atoms with Crippen LogP contribution in [-0.4, -0.2) is 137 Å². The van der Waals surface area contributed by atoms with Gasteiger partial charge in [0.05, 0.1) is 36.7 Å². The fraction of sp³-hybridized carbons (Fsp3) is 0.583. The molecule has 3 heterocycles. The van der Waals surface area contributed by atoms with E-state index in [4.69, 9.17) is 28.8 Å². The largest absolute Gasteiger partial charge is 0.482 e. The summed E-state index contributed by atoms with van der Waals surface area (Å²) in [7, 11) is -3.68. The second-order valence-corrected chi connectivity index (χ2v) is 20.2. The minimum Gasteiger partial charge on any atom is -0.444 e. The molecule has 0 radical (unpaired) electrons. The van der Waals surface area contributed by atoms with Crippen LogP contribution in [0.3, 0.4) is 0 Å². The Labute approximate surface area is 413 Å². The highest BCUT2D eigenvalue weighted by molar-refractivity contribution is 6.48. The number of nitrogens with one attached hydrogen (secondary N) is 2. The second-order valence-electron chi connectivity index (χ2n) is 20.2.